The molecule has 0 atom stereocenters. The highest BCUT2D eigenvalue weighted by Crippen LogP contribution is 2.21. The van der Waals surface area contributed by atoms with Crippen LogP contribution in [0.1, 0.15) is 22.8 Å². The Kier molecular flexibility index (Phi) is 7.05. The van der Waals surface area contributed by atoms with Crippen LogP contribution in [0.4, 0.5) is 5.69 Å². The molecular weight excluding hydrogens is 482 g/mol. The number of terminal acetylenes is 1. The highest BCUT2D eigenvalue weighted by molar-refractivity contribution is 7.92. The smallest absolute Gasteiger partial charge is 0.279 e. The van der Waals surface area contributed by atoms with Crippen LogP contribution in [0.5, 0.6) is 5.75 Å². The number of benzene rings is 3. The number of ether oxygens (including phenoxy) is 1. The standard InChI is InChI=1S/C26H23N3O4S2/c1-4-16-29-23-15-6-18(5-2)17-24(23)34-26(29)27-25(30)19-7-9-20(10-8-19)28-35(31,32)22-13-11-21(33-3)12-14-22/h1,6-15,17,28H,5,16H2,2-3H3. The van der Waals surface area contributed by atoms with Crippen LogP contribution >= 0.6 is 11.3 Å². The number of anilines is 1. The van der Waals surface area contributed by atoms with E-state index in [4.69, 9.17) is 11.2 Å². The zero-order valence-electron chi connectivity index (χ0n) is 19.2. The van der Waals surface area contributed by atoms with Gasteiger partial charge in [0.2, 0.25) is 0 Å². The highest BCUT2D eigenvalue weighted by Gasteiger charge is 2.15. The van der Waals surface area contributed by atoms with Crippen LogP contribution < -0.4 is 14.3 Å². The Morgan fingerprint density at radius 1 is 1.11 bits per heavy atom. The number of methoxy groups -OCH3 is 1. The second-order valence-corrected chi connectivity index (χ2v) is 10.3. The van der Waals surface area contributed by atoms with E-state index >= 15 is 0 Å². The van der Waals surface area contributed by atoms with E-state index in [1.165, 1.54) is 60.4 Å². The molecule has 0 aliphatic carbocycles. The van der Waals surface area contributed by atoms with Gasteiger partial charge in [-0.05, 0) is 72.6 Å². The number of aromatic nitrogens is 1. The third-order valence-corrected chi connectivity index (χ3v) is 7.79. The maximum absolute atomic E-state index is 12.9. The number of rotatable bonds is 7. The van der Waals surface area contributed by atoms with E-state index in [1.54, 1.807) is 12.1 Å². The van der Waals surface area contributed by atoms with Gasteiger partial charge in [-0.15, -0.1) is 6.42 Å². The van der Waals surface area contributed by atoms with E-state index in [2.05, 4.69) is 28.6 Å². The van der Waals surface area contributed by atoms with Crippen molar-refractivity contribution in [3.63, 3.8) is 0 Å². The van der Waals surface area contributed by atoms with Crippen molar-refractivity contribution in [1.82, 2.24) is 4.57 Å². The molecule has 7 nitrogen and oxygen atoms in total. The Labute approximate surface area is 207 Å². The van der Waals surface area contributed by atoms with Gasteiger partial charge in [0.1, 0.15) is 5.75 Å². The van der Waals surface area contributed by atoms with Crippen molar-refractivity contribution in [3.05, 3.63) is 82.7 Å². The van der Waals surface area contributed by atoms with Gasteiger partial charge in [0.25, 0.3) is 15.9 Å². The van der Waals surface area contributed by atoms with Crippen molar-refractivity contribution >= 4 is 43.2 Å². The summed E-state index contributed by atoms with van der Waals surface area (Å²) in [5, 5.41) is 0. The average Bonchev–Trinajstić information content (AvgIpc) is 3.20. The molecule has 0 aliphatic heterocycles. The van der Waals surface area contributed by atoms with Gasteiger partial charge < -0.3 is 9.30 Å². The molecule has 0 radical (unpaired) electrons. The Morgan fingerprint density at radius 2 is 1.83 bits per heavy atom. The molecule has 1 N–H and O–H groups in total. The molecule has 0 saturated heterocycles. The van der Waals surface area contributed by atoms with Crippen molar-refractivity contribution in [2.45, 2.75) is 24.8 Å². The zero-order valence-corrected chi connectivity index (χ0v) is 20.8. The van der Waals surface area contributed by atoms with Crippen molar-refractivity contribution in [2.75, 3.05) is 11.8 Å². The van der Waals surface area contributed by atoms with E-state index in [1.807, 2.05) is 16.7 Å². The molecule has 4 aromatic rings. The summed E-state index contributed by atoms with van der Waals surface area (Å²) in [6, 6.07) is 18.3. The fourth-order valence-corrected chi connectivity index (χ4v) is 5.62. The molecule has 0 spiro atoms. The summed E-state index contributed by atoms with van der Waals surface area (Å²) in [5.41, 5.74) is 2.78. The topological polar surface area (TPSA) is 89.8 Å². The Hall–Kier alpha value is -3.87. The molecule has 3 aromatic carbocycles. The summed E-state index contributed by atoms with van der Waals surface area (Å²) in [6.07, 6.45) is 6.45. The van der Waals surface area contributed by atoms with Crippen molar-refractivity contribution in [3.8, 4) is 18.1 Å². The highest BCUT2D eigenvalue weighted by atomic mass is 32.2. The molecular formula is C26H23N3O4S2. The minimum Gasteiger partial charge on any atom is -0.497 e. The molecule has 9 heteroatoms. The maximum Gasteiger partial charge on any atom is 0.279 e. The molecule has 0 aliphatic rings. The van der Waals surface area contributed by atoms with Crippen LogP contribution in [0, 0.1) is 12.3 Å². The van der Waals surface area contributed by atoms with Crippen LogP contribution in [0.15, 0.2) is 76.6 Å². The minimum absolute atomic E-state index is 0.0995. The first kappa shape index (κ1) is 24.3. The number of sulfonamides is 1. The number of hydrogen-bond acceptors (Lipinski definition) is 5. The third-order valence-electron chi connectivity index (χ3n) is 5.36. The van der Waals surface area contributed by atoms with Gasteiger partial charge >= 0.3 is 0 Å². The molecule has 1 heterocycles. The number of aryl methyl sites for hydroxylation is 1. The van der Waals surface area contributed by atoms with Gasteiger partial charge in [0, 0.05) is 11.3 Å². The molecule has 1 aromatic heterocycles. The quantitative estimate of drug-likeness (QED) is 0.376. The molecule has 178 valence electrons. The molecule has 0 saturated carbocycles. The van der Waals surface area contributed by atoms with E-state index in [9.17, 15) is 13.2 Å². The van der Waals surface area contributed by atoms with E-state index in [-0.39, 0.29) is 4.90 Å². The number of amides is 1. The summed E-state index contributed by atoms with van der Waals surface area (Å²) in [5.74, 6) is 2.74. The van der Waals surface area contributed by atoms with Crippen molar-refractivity contribution in [2.24, 2.45) is 4.99 Å². The van der Waals surface area contributed by atoms with Crippen LogP contribution in [0.25, 0.3) is 10.2 Å². The molecule has 4 rings (SSSR count). The predicted octanol–water partition coefficient (Wildman–Crippen LogP) is 4.45. The summed E-state index contributed by atoms with van der Waals surface area (Å²) in [4.78, 5) is 17.8. The monoisotopic (exact) mass is 505 g/mol. The van der Waals surface area contributed by atoms with Gasteiger partial charge in [-0.1, -0.05) is 30.2 Å². The molecule has 0 fully saturated rings. The lowest BCUT2D eigenvalue weighted by Gasteiger charge is -2.09. The predicted molar refractivity (Wildman–Crippen MR) is 138 cm³/mol. The van der Waals surface area contributed by atoms with Crippen molar-refractivity contribution < 1.29 is 17.9 Å². The molecule has 0 unspecified atom stereocenters. The number of carbonyl (C=O) groups excluding carboxylic acids is 1. The summed E-state index contributed by atoms with van der Waals surface area (Å²) < 4.78 is 35.7. The number of fused-ring (bicyclic) bond motifs is 1. The number of thiazole rings is 1. The van der Waals surface area contributed by atoms with Crippen LogP contribution in [-0.2, 0) is 23.0 Å². The van der Waals surface area contributed by atoms with Gasteiger partial charge in [0.15, 0.2) is 4.80 Å². The second-order valence-electron chi connectivity index (χ2n) is 7.61. The largest absolute Gasteiger partial charge is 0.497 e. The molecule has 35 heavy (non-hydrogen) atoms. The fraction of sp³-hybridized carbons (Fsp3) is 0.154. The molecule has 1 amide bonds. The fourth-order valence-electron chi connectivity index (χ4n) is 3.47. The lowest BCUT2D eigenvalue weighted by Crippen LogP contribution is -2.16. The first-order chi connectivity index (χ1) is 16.8. The van der Waals surface area contributed by atoms with Crippen LogP contribution in [0.2, 0.25) is 0 Å². The average molecular weight is 506 g/mol. The Morgan fingerprint density at radius 3 is 2.46 bits per heavy atom. The van der Waals surface area contributed by atoms with E-state index in [0.29, 0.717) is 28.3 Å². The minimum atomic E-state index is -3.79. The van der Waals surface area contributed by atoms with Crippen LogP contribution in [-0.4, -0.2) is 26.0 Å². The third kappa shape index (κ3) is 5.29. The van der Waals surface area contributed by atoms with Gasteiger partial charge in [-0.25, -0.2) is 8.42 Å². The van der Waals surface area contributed by atoms with Crippen LogP contribution in [0.3, 0.4) is 0 Å². The SMILES string of the molecule is C#CCn1c(=NC(=O)c2ccc(NS(=O)(=O)c3ccc(OC)cc3)cc2)sc2cc(CC)ccc21. The zero-order chi connectivity index (χ0) is 25.0. The van der Waals surface area contributed by atoms with E-state index in [0.717, 1.165) is 16.6 Å². The summed E-state index contributed by atoms with van der Waals surface area (Å²) in [7, 11) is -2.28. The first-order valence-electron chi connectivity index (χ1n) is 10.8. The summed E-state index contributed by atoms with van der Waals surface area (Å²) >= 11 is 1.41. The normalized spacial score (nSPS) is 11.9. The Balaban J connectivity index is 1.59. The Bertz CT molecular complexity index is 1590. The summed E-state index contributed by atoms with van der Waals surface area (Å²) in [6.45, 7) is 2.38. The lowest BCUT2D eigenvalue weighted by molar-refractivity contribution is 0.0998. The number of hydrogen-bond donors (Lipinski definition) is 1. The first-order valence-corrected chi connectivity index (χ1v) is 13.1. The molecule has 0 bridgehead atoms. The maximum atomic E-state index is 12.9. The lowest BCUT2D eigenvalue weighted by atomic mass is 10.2. The number of nitrogens with one attached hydrogen (secondary N) is 1. The number of nitrogens with zero attached hydrogens (tertiary/aromatic N) is 2. The van der Waals surface area contributed by atoms with Crippen molar-refractivity contribution in [1.29, 1.82) is 0 Å². The number of carbonyl (C=O) groups is 1. The van der Waals surface area contributed by atoms with Gasteiger partial charge in [-0.2, -0.15) is 4.99 Å². The van der Waals surface area contributed by atoms with E-state index < -0.39 is 15.9 Å². The van der Waals surface area contributed by atoms with Gasteiger partial charge in [0.05, 0.1) is 28.8 Å². The second kappa shape index (κ2) is 10.2. The van der Waals surface area contributed by atoms with Gasteiger partial charge in [-0.3, -0.25) is 9.52 Å².